The van der Waals surface area contributed by atoms with Crippen molar-refractivity contribution in [2.75, 3.05) is 89.3 Å². The number of piperazine rings is 2. The maximum Gasteiger partial charge on any atom is 0.425 e. The minimum Gasteiger partial charge on any atom is -0.486 e. The molecule has 0 spiro atoms. The topological polar surface area (TPSA) is 247 Å². The largest absolute Gasteiger partial charge is 0.486 e. The minimum absolute atomic E-state index is 0.0284. The van der Waals surface area contributed by atoms with Crippen LogP contribution in [0.15, 0.2) is 95.7 Å². The van der Waals surface area contributed by atoms with Gasteiger partial charge in [0.05, 0.1) is 19.8 Å². The van der Waals surface area contributed by atoms with Crippen LogP contribution in [-0.4, -0.2) is 154 Å². The quantitative estimate of drug-likeness (QED) is 0.157. The molecule has 8 rings (SSSR count). The molecule has 2 fully saturated rings. The highest BCUT2D eigenvalue weighted by Gasteiger charge is 2.38. The number of halogens is 2. The fraction of sp³-hybridized carbons (Fsp3) is 0.468. The minimum atomic E-state index is -4.19. The molecular formula is C47H64Cl2N10O10S2. The van der Waals surface area contributed by atoms with Crippen LogP contribution in [0, 0.1) is 10.8 Å². The van der Waals surface area contributed by atoms with Gasteiger partial charge in [0, 0.05) is 92.8 Å². The Kier molecular flexibility index (Phi) is 21.3. The Morgan fingerprint density at radius 2 is 1.14 bits per heavy atom. The maximum absolute atomic E-state index is 13.5. The molecule has 6 aliphatic heterocycles. The highest BCUT2D eigenvalue weighted by Crippen LogP contribution is 2.24. The Morgan fingerprint density at radius 3 is 1.59 bits per heavy atom. The molecule has 6 heterocycles. The molecule has 0 saturated carbocycles. The lowest BCUT2D eigenvalue weighted by atomic mass is 10.2. The lowest BCUT2D eigenvalue weighted by molar-refractivity contribution is -0.117. The molecule has 0 aromatic heterocycles. The van der Waals surface area contributed by atoms with Gasteiger partial charge in [-0.25, -0.2) is 4.79 Å². The van der Waals surface area contributed by atoms with E-state index in [-0.39, 0.29) is 76.2 Å². The normalized spacial score (nSPS) is 22.9. The standard InChI is InChI=1S/C26H36ClN5O6S.C21H28ClN5O4S/c1-26(2,3)38-25(34)32-12-7-5-4-6-8-17-37-23(24(33)29-21-11-9-10-20(27)18-21)22(19-28)30-13-15-31(16-14-30)39(32,35)36;22-17-7-6-8-18(15-17)25-21(28)20-19(16-23)26-10-12-27(13-11-26)32(29,30)24-9-4-2-1-3-5-14-31-20/h5,7,9-11,18-19,28H,4,6,8,12-17H2,1-3H3,(H,29,33);2,4,6-8,15-16,23-24H,1,3,5,9-14H2,(H,25,28)/b7-5+,23-22-,28-19?;4-2+,20-19-,23-16?. The first-order chi connectivity index (χ1) is 33.8. The lowest BCUT2D eigenvalue weighted by Gasteiger charge is -2.38. The fourth-order valence-corrected chi connectivity index (χ4v) is 10.4. The van der Waals surface area contributed by atoms with E-state index in [0.29, 0.717) is 72.5 Å². The van der Waals surface area contributed by atoms with Crippen LogP contribution in [0.5, 0.6) is 0 Å². The first kappa shape index (κ1) is 56.4. The number of benzene rings is 2. The van der Waals surface area contributed by atoms with Gasteiger partial charge >= 0.3 is 16.3 Å². The van der Waals surface area contributed by atoms with Crippen LogP contribution in [0.4, 0.5) is 16.2 Å². The Bertz CT molecular complexity index is 2550. The van der Waals surface area contributed by atoms with Crippen LogP contribution >= 0.6 is 23.2 Å². The second kappa shape index (κ2) is 26.8. The monoisotopic (exact) mass is 1060 g/mol. The molecule has 2 aromatic rings. The number of amides is 3. The average Bonchev–Trinajstić information content (AvgIpc) is 3.31. The van der Waals surface area contributed by atoms with Crippen molar-refractivity contribution in [1.29, 1.82) is 10.8 Å². The van der Waals surface area contributed by atoms with Gasteiger partial charge in [-0.1, -0.05) is 59.6 Å². The Hall–Kier alpha value is -5.49. The SMILES string of the molecule is CC(C)(C)OC(=O)N1C/C=C/CCCCO/C(C(=O)Nc2cccc(Cl)c2)=C(/C=N)N2CCN(CC2)S1(=O)=O.N=C/C1=C(\C(=O)Nc2cccc(Cl)c2)OCCCC/C=C/CNS(=O)(=O)N2CCN1CC2. The van der Waals surface area contributed by atoms with Crippen molar-refractivity contribution in [3.05, 3.63) is 106 Å². The van der Waals surface area contributed by atoms with Gasteiger partial charge in [-0.05, 0) is 95.7 Å². The highest BCUT2D eigenvalue weighted by molar-refractivity contribution is 7.87. The summed E-state index contributed by atoms with van der Waals surface area (Å²) in [6.45, 7) is 7.28. The third kappa shape index (κ3) is 17.1. The summed E-state index contributed by atoms with van der Waals surface area (Å²) in [4.78, 5) is 42.7. The first-order valence-corrected chi connectivity index (χ1v) is 26.9. The van der Waals surface area contributed by atoms with E-state index >= 15 is 0 Å². The van der Waals surface area contributed by atoms with Crippen LogP contribution < -0.4 is 15.4 Å². The van der Waals surface area contributed by atoms with Crippen LogP contribution in [-0.2, 0) is 44.2 Å². The van der Waals surface area contributed by atoms with E-state index in [1.165, 1.54) is 8.61 Å². The van der Waals surface area contributed by atoms with Crippen LogP contribution in [0.1, 0.15) is 59.3 Å². The average molecular weight is 1060 g/mol. The highest BCUT2D eigenvalue weighted by atomic mass is 35.5. The van der Waals surface area contributed by atoms with Crippen molar-refractivity contribution < 1.29 is 45.4 Å². The van der Waals surface area contributed by atoms with E-state index in [1.807, 2.05) is 12.2 Å². The van der Waals surface area contributed by atoms with E-state index < -0.39 is 43.9 Å². The molecule has 6 aliphatic rings. The number of carbonyl (C=O) groups excluding carboxylic acids is 3. The van der Waals surface area contributed by atoms with Crippen LogP contribution in [0.25, 0.3) is 0 Å². The Labute approximate surface area is 427 Å². The molecule has 0 atom stereocenters. The number of nitrogens with one attached hydrogen (secondary N) is 5. The summed E-state index contributed by atoms with van der Waals surface area (Å²) in [5.74, 6) is -1.01. The Morgan fingerprint density at radius 1 is 0.676 bits per heavy atom. The zero-order chi connectivity index (χ0) is 51.6. The molecular weight excluding hydrogens is 1000 g/mol. The third-order valence-corrected chi connectivity index (χ3v) is 14.9. The van der Waals surface area contributed by atoms with Gasteiger partial charge < -0.3 is 45.5 Å². The number of fused-ring (bicyclic) bond motifs is 22. The molecule has 0 aliphatic carbocycles. The lowest BCUT2D eigenvalue weighted by Crippen LogP contribution is -2.55. The van der Waals surface area contributed by atoms with Gasteiger partial charge in [0.2, 0.25) is 11.5 Å². The number of hydrogen-bond donors (Lipinski definition) is 5. The van der Waals surface area contributed by atoms with E-state index in [0.717, 1.165) is 29.6 Å². The number of hydrogen-bond acceptors (Lipinski definition) is 14. The van der Waals surface area contributed by atoms with E-state index in [4.69, 9.17) is 48.2 Å². The van der Waals surface area contributed by atoms with Crippen molar-refractivity contribution in [3.63, 3.8) is 0 Å². The summed E-state index contributed by atoms with van der Waals surface area (Å²) < 4.78 is 75.1. The van der Waals surface area contributed by atoms with E-state index in [2.05, 4.69) is 15.4 Å². The third-order valence-electron chi connectivity index (χ3n) is 11.0. The van der Waals surface area contributed by atoms with Crippen molar-refractivity contribution in [1.82, 2.24) is 27.4 Å². The summed E-state index contributed by atoms with van der Waals surface area (Å²) in [5.41, 5.74) is 0.685. The number of rotatable bonds is 6. The predicted molar refractivity (Wildman–Crippen MR) is 275 cm³/mol. The number of anilines is 2. The molecule has 71 heavy (non-hydrogen) atoms. The summed E-state index contributed by atoms with van der Waals surface area (Å²) in [7, 11) is -7.78. The fourth-order valence-electron chi connectivity index (χ4n) is 7.48. The molecule has 0 unspecified atom stereocenters. The van der Waals surface area contributed by atoms with Gasteiger partial charge in [0.1, 0.15) is 17.0 Å². The summed E-state index contributed by atoms with van der Waals surface area (Å²) in [6.07, 6.45) is 12.6. The van der Waals surface area contributed by atoms with E-state index in [9.17, 15) is 31.2 Å². The van der Waals surface area contributed by atoms with Crippen LogP contribution in [0.3, 0.4) is 0 Å². The van der Waals surface area contributed by atoms with Crippen molar-refractivity contribution in [3.8, 4) is 0 Å². The van der Waals surface area contributed by atoms with Gasteiger partial charge in [0.25, 0.3) is 22.0 Å². The first-order valence-electron chi connectivity index (χ1n) is 23.3. The van der Waals surface area contributed by atoms with Crippen molar-refractivity contribution in [2.45, 2.75) is 64.9 Å². The number of ether oxygens (including phenoxy) is 3. The molecule has 0 radical (unpaired) electrons. The second-order valence-corrected chi connectivity index (χ2v) is 21.9. The second-order valence-electron chi connectivity index (χ2n) is 17.4. The van der Waals surface area contributed by atoms with Gasteiger partial charge in [-0.15, -0.1) is 0 Å². The molecule has 388 valence electrons. The molecule has 20 nitrogen and oxygen atoms in total. The molecule has 3 amide bonds. The Balaban J connectivity index is 0.000000269. The maximum atomic E-state index is 13.5. The van der Waals surface area contributed by atoms with Gasteiger partial charge in [-0.3, -0.25) is 9.59 Å². The van der Waals surface area contributed by atoms with Crippen molar-refractivity contribution in [2.24, 2.45) is 0 Å². The number of nitrogens with zero attached hydrogens (tertiary/aromatic N) is 5. The number of carbonyl (C=O) groups is 3. The smallest absolute Gasteiger partial charge is 0.425 e. The molecule has 2 aromatic carbocycles. The van der Waals surface area contributed by atoms with Gasteiger partial charge in [-0.2, -0.15) is 34.5 Å². The zero-order valence-electron chi connectivity index (χ0n) is 40.2. The predicted octanol–water partition coefficient (Wildman–Crippen LogP) is 6.34. The van der Waals surface area contributed by atoms with Crippen LogP contribution in [0.2, 0.25) is 10.0 Å². The van der Waals surface area contributed by atoms with Gasteiger partial charge in [0.15, 0.2) is 0 Å². The summed E-state index contributed by atoms with van der Waals surface area (Å²) in [5, 5.41) is 22.5. The summed E-state index contributed by atoms with van der Waals surface area (Å²) >= 11 is 12.1. The molecule has 2 saturated heterocycles. The number of allylic oxidation sites excluding steroid dienone is 4. The van der Waals surface area contributed by atoms with E-state index in [1.54, 1.807) is 91.3 Å². The molecule has 24 heteroatoms. The summed E-state index contributed by atoms with van der Waals surface area (Å²) in [6, 6.07) is 13.5. The zero-order valence-corrected chi connectivity index (χ0v) is 43.3. The molecule has 4 bridgehead atoms. The molecule has 5 N–H and O–H groups in total. The van der Waals surface area contributed by atoms with Crippen molar-refractivity contribution >= 4 is 85.3 Å².